The van der Waals surface area contributed by atoms with Crippen molar-refractivity contribution in [1.82, 2.24) is 0 Å². The summed E-state index contributed by atoms with van der Waals surface area (Å²) in [5, 5.41) is 11.9. The van der Waals surface area contributed by atoms with Crippen LogP contribution in [0.5, 0.6) is 5.75 Å². The van der Waals surface area contributed by atoms with E-state index in [0.717, 1.165) is 0 Å². The first-order valence-corrected chi connectivity index (χ1v) is 8.28. The minimum absolute atomic E-state index is 0.0434. The summed E-state index contributed by atoms with van der Waals surface area (Å²) in [6, 6.07) is 14.2. The largest absolute Gasteiger partial charge is 0.504 e. The van der Waals surface area contributed by atoms with Gasteiger partial charge in [-0.25, -0.2) is 8.42 Å². The smallest absolute Gasteiger partial charge is 0.210 e. The van der Waals surface area contributed by atoms with Crippen LogP contribution in [-0.4, -0.2) is 13.5 Å². The van der Waals surface area contributed by atoms with Gasteiger partial charge in [0.05, 0.1) is 10.6 Å². The van der Waals surface area contributed by atoms with E-state index in [0.29, 0.717) is 15.8 Å². The minimum atomic E-state index is -3.89. The highest BCUT2D eigenvalue weighted by molar-refractivity contribution is 7.91. The van der Waals surface area contributed by atoms with Gasteiger partial charge >= 0.3 is 0 Å². The number of halogens is 1. The molecule has 0 radical (unpaired) electrons. The van der Waals surface area contributed by atoms with E-state index in [4.69, 9.17) is 17.3 Å². The third-order valence-electron chi connectivity index (χ3n) is 3.44. The van der Waals surface area contributed by atoms with Crippen molar-refractivity contribution < 1.29 is 13.5 Å². The molecule has 0 aliphatic heterocycles. The number of nitrogen functional groups attached to an aromatic ring is 1. The zero-order valence-electron chi connectivity index (χ0n) is 11.3. The van der Waals surface area contributed by atoms with Crippen LogP contribution in [0, 0.1) is 0 Å². The maximum absolute atomic E-state index is 12.7. The fourth-order valence-electron chi connectivity index (χ4n) is 2.28. The van der Waals surface area contributed by atoms with Crippen LogP contribution < -0.4 is 5.73 Å². The van der Waals surface area contributed by atoms with E-state index >= 15 is 0 Å². The van der Waals surface area contributed by atoms with E-state index in [9.17, 15) is 13.5 Å². The zero-order chi connectivity index (χ0) is 15.9. The number of phenols is 1. The van der Waals surface area contributed by atoms with E-state index in [1.165, 1.54) is 30.3 Å². The van der Waals surface area contributed by atoms with Crippen LogP contribution in [0.1, 0.15) is 0 Å². The molecule has 3 rings (SSSR count). The summed E-state index contributed by atoms with van der Waals surface area (Å²) in [6.45, 7) is 0. The highest BCUT2D eigenvalue weighted by atomic mass is 35.5. The summed E-state index contributed by atoms with van der Waals surface area (Å²) < 4.78 is 25.4. The van der Waals surface area contributed by atoms with Crippen LogP contribution in [0.25, 0.3) is 10.8 Å². The maximum Gasteiger partial charge on any atom is 0.210 e. The number of nitrogens with two attached hydrogens (primary N) is 1. The molecule has 0 aliphatic rings. The van der Waals surface area contributed by atoms with Gasteiger partial charge in [-0.15, -0.1) is 0 Å². The molecule has 4 nitrogen and oxygen atoms in total. The lowest BCUT2D eigenvalue weighted by Gasteiger charge is -2.11. The van der Waals surface area contributed by atoms with Gasteiger partial charge < -0.3 is 10.8 Å². The number of fused-ring (bicyclic) bond motifs is 1. The topological polar surface area (TPSA) is 80.4 Å². The normalized spacial score (nSPS) is 11.7. The molecule has 0 unspecified atom stereocenters. The van der Waals surface area contributed by atoms with Gasteiger partial charge in [0.15, 0.2) is 5.75 Å². The van der Waals surface area contributed by atoms with Gasteiger partial charge in [-0.2, -0.15) is 0 Å². The average Bonchev–Trinajstić information content (AvgIpc) is 2.51. The van der Waals surface area contributed by atoms with Crippen LogP contribution in [0.3, 0.4) is 0 Å². The molecule has 0 amide bonds. The molecule has 3 N–H and O–H groups in total. The van der Waals surface area contributed by atoms with Crippen LogP contribution in [0.15, 0.2) is 64.4 Å². The standard InChI is InChI=1S/C16H12ClNO3S/c17-11-5-7-12(8-6-11)22(20,21)14-9-10-3-1-2-4-13(10)15(18)16(14)19/h1-9,19H,18H2. The number of hydrogen-bond donors (Lipinski definition) is 2. The molecule has 0 atom stereocenters. The number of anilines is 1. The molecule has 112 valence electrons. The first-order valence-electron chi connectivity index (χ1n) is 6.42. The van der Waals surface area contributed by atoms with Crippen LogP contribution in [0.2, 0.25) is 5.02 Å². The highest BCUT2D eigenvalue weighted by Gasteiger charge is 2.24. The Balaban J connectivity index is 2.29. The minimum Gasteiger partial charge on any atom is -0.504 e. The van der Waals surface area contributed by atoms with E-state index in [2.05, 4.69) is 0 Å². The summed E-state index contributed by atoms with van der Waals surface area (Å²) in [5.74, 6) is -0.436. The number of rotatable bonds is 2. The predicted molar refractivity (Wildman–Crippen MR) is 86.9 cm³/mol. The highest BCUT2D eigenvalue weighted by Crippen LogP contribution is 2.38. The number of aromatic hydroxyl groups is 1. The molecule has 0 saturated carbocycles. The third kappa shape index (κ3) is 2.28. The Labute approximate surface area is 132 Å². The first-order chi connectivity index (χ1) is 10.4. The van der Waals surface area contributed by atoms with Crippen molar-refractivity contribution in [1.29, 1.82) is 0 Å². The lowest BCUT2D eigenvalue weighted by molar-refractivity contribution is 0.462. The summed E-state index contributed by atoms with van der Waals surface area (Å²) in [4.78, 5) is -0.173. The monoisotopic (exact) mass is 333 g/mol. The number of benzene rings is 3. The Morgan fingerprint density at radius 1 is 1.00 bits per heavy atom. The zero-order valence-corrected chi connectivity index (χ0v) is 12.9. The Bertz CT molecular complexity index is 967. The van der Waals surface area contributed by atoms with Crippen molar-refractivity contribution >= 4 is 37.9 Å². The fraction of sp³-hybridized carbons (Fsp3) is 0. The Morgan fingerprint density at radius 2 is 1.64 bits per heavy atom. The summed E-state index contributed by atoms with van der Waals surface area (Å²) in [7, 11) is -3.89. The molecule has 0 heterocycles. The van der Waals surface area contributed by atoms with Gasteiger partial charge in [-0.3, -0.25) is 0 Å². The van der Waals surface area contributed by atoms with Crippen LogP contribution in [0.4, 0.5) is 5.69 Å². The summed E-state index contributed by atoms with van der Waals surface area (Å²) in [6.07, 6.45) is 0. The maximum atomic E-state index is 12.7. The SMILES string of the molecule is Nc1c(O)c(S(=O)(=O)c2ccc(Cl)cc2)cc2ccccc12. The van der Waals surface area contributed by atoms with Gasteiger partial charge in [0.25, 0.3) is 0 Å². The molecule has 22 heavy (non-hydrogen) atoms. The van der Waals surface area contributed by atoms with E-state index in [-0.39, 0.29) is 15.5 Å². The van der Waals surface area contributed by atoms with Crippen molar-refractivity contribution in [2.24, 2.45) is 0 Å². The molecule has 3 aromatic carbocycles. The number of phenolic OH excluding ortho intramolecular Hbond substituents is 1. The van der Waals surface area contributed by atoms with Gasteiger partial charge in [0.2, 0.25) is 9.84 Å². The molecule has 0 aromatic heterocycles. The Kier molecular flexibility index (Phi) is 3.47. The summed E-state index contributed by atoms with van der Waals surface area (Å²) >= 11 is 5.78. The Morgan fingerprint density at radius 3 is 2.32 bits per heavy atom. The lowest BCUT2D eigenvalue weighted by atomic mass is 10.1. The molecule has 3 aromatic rings. The second-order valence-corrected chi connectivity index (χ2v) is 7.17. The van der Waals surface area contributed by atoms with E-state index in [1.807, 2.05) is 0 Å². The molecule has 0 aliphatic carbocycles. The quantitative estimate of drug-likeness (QED) is 0.554. The van der Waals surface area contributed by atoms with E-state index < -0.39 is 15.6 Å². The third-order valence-corrected chi connectivity index (χ3v) is 5.47. The molecule has 0 bridgehead atoms. The molecule has 0 fully saturated rings. The van der Waals surface area contributed by atoms with Gasteiger partial charge in [-0.1, -0.05) is 35.9 Å². The lowest BCUT2D eigenvalue weighted by Crippen LogP contribution is -2.04. The Hall–Kier alpha value is -2.24. The van der Waals surface area contributed by atoms with Crippen molar-refractivity contribution in [3.8, 4) is 5.75 Å². The number of sulfone groups is 1. The fourth-order valence-corrected chi connectivity index (χ4v) is 3.80. The van der Waals surface area contributed by atoms with Crippen molar-refractivity contribution in [3.63, 3.8) is 0 Å². The molecular formula is C16H12ClNO3S. The van der Waals surface area contributed by atoms with Crippen molar-refractivity contribution in [2.45, 2.75) is 9.79 Å². The molecule has 6 heteroatoms. The molecule has 0 spiro atoms. The van der Waals surface area contributed by atoms with Crippen molar-refractivity contribution in [2.75, 3.05) is 5.73 Å². The van der Waals surface area contributed by atoms with Crippen LogP contribution >= 0.6 is 11.6 Å². The number of hydrogen-bond acceptors (Lipinski definition) is 4. The van der Waals surface area contributed by atoms with Crippen LogP contribution in [-0.2, 0) is 9.84 Å². The van der Waals surface area contributed by atoms with Gasteiger partial charge in [0.1, 0.15) is 4.90 Å². The van der Waals surface area contributed by atoms with Crippen molar-refractivity contribution in [3.05, 3.63) is 59.6 Å². The average molecular weight is 334 g/mol. The molecular weight excluding hydrogens is 322 g/mol. The second-order valence-electron chi connectivity index (χ2n) is 4.82. The first kappa shape index (κ1) is 14.7. The van der Waals surface area contributed by atoms with E-state index in [1.54, 1.807) is 24.3 Å². The predicted octanol–water partition coefficient (Wildman–Crippen LogP) is 3.61. The summed E-state index contributed by atoms with van der Waals surface area (Å²) in [5.41, 5.74) is 5.93. The molecule has 0 saturated heterocycles. The second kappa shape index (κ2) is 5.19. The van der Waals surface area contributed by atoms with Gasteiger partial charge in [0, 0.05) is 10.4 Å². The van der Waals surface area contributed by atoms with Gasteiger partial charge in [-0.05, 0) is 35.7 Å².